The molecule has 1 aromatic heterocycles. The number of aromatic nitrogens is 2. The third kappa shape index (κ3) is 1.97. The lowest BCUT2D eigenvalue weighted by molar-refractivity contribution is 0.630. The van der Waals surface area contributed by atoms with Gasteiger partial charge in [-0.2, -0.15) is 0 Å². The van der Waals surface area contributed by atoms with Crippen molar-refractivity contribution in [2.24, 2.45) is 0 Å². The van der Waals surface area contributed by atoms with Gasteiger partial charge in [-0.1, -0.05) is 23.7 Å². The summed E-state index contributed by atoms with van der Waals surface area (Å²) in [5, 5.41) is 0.350. The van der Waals surface area contributed by atoms with Crippen LogP contribution >= 0.6 is 11.6 Å². The molecule has 1 aromatic carbocycles. The predicted molar refractivity (Wildman–Crippen MR) is 57.2 cm³/mol. The first-order valence-corrected chi connectivity index (χ1v) is 4.80. The van der Waals surface area contributed by atoms with Crippen molar-refractivity contribution in [1.29, 1.82) is 0 Å². The number of benzene rings is 1. The molecule has 0 atom stereocenters. The van der Waals surface area contributed by atoms with Gasteiger partial charge in [-0.25, -0.2) is 14.4 Å². The molecule has 0 aliphatic heterocycles. The first-order chi connectivity index (χ1) is 7.18. The highest BCUT2D eigenvalue weighted by atomic mass is 35.5. The summed E-state index contributed by atoms with van der Waals surface area (Å²) in [6.45, 7) is 1.80. The van der Waals surface area contributed by atoms with E-state index < -0.39 is 0 Å². The summed E-state index contributed by atoms with van der Waals surface area (Å²) in [6, 6.07) is 6.34. The van der Waals surface area contributed by atoms with Crippen LogP contribution in [0.2, 0.25) is 5.15 Å². The monoisotopic (exact) mass is 222 g/mol. The number of halogens is 2. The van der Waals surface area contributed by atoms with Crippen LogP contribution in [-0.2, 0) is 0 Å². The Morgan fingerprint density at radius 2 is 2.00 bits per heavy atom. The lowest BCUT2D eigenvalue weighted by Gasteiger charge is -2.02. The Bertz CT molecular complexity index is 500. The first-order valence-electron chi connectivity index (χ1n) is 4.42. The van der Waals surface area contributed by atoms with Gasteiger partial charge < -0.3 is 0 Å². The van der Waals surface area contributed by atoms with E-state index >= 15 is 0 Å². The van der Waals surface area contributed by atoms with Crippen molar-refractivity contribution in [1.82, 2.24) is 9.97 Å². The van der Waals surface area contributed by atoms with E-state index in [0.29, 0.717) is 16.5 Å². The van der Waals surface area contributed by atoms with Crippen LogP contribution in [0.1, 0.15) is 5.56 Å². The standard InChI is InChI=1S/C11H8ClFN2/c1-7-6-14-11(15-10(7)12)8-4-2-3-5-9(8)13/h2-6H,1H3. The summed E-state index contributed by atoms with van der Waals surface area (Å²) >= 11 is 5.84. The van der Waals surface area contributed by atoms with Crippen LogP contribution in [0.5, 0.6) is 0 Å². The van der Waals surface area contributed by atoms with E-state index in [9.17, 15) is 4.39 Å². The van der Waals surface area contributed by atoms with E-state index in [1.54, 1.807) is 31.3 Å². The molecule has 0 unspecified atom stereocenters. The van der Waals surface area contributed by atoms with Gasteiger partial charge >= 0.3 is 0 Å². The molecule has 4 heteroatoms. The fourth-order valence-electron chi connectivity index (χ4n) is 1.19. The Hall–Kier alpha value is -1.48. The zero-order valence-corrected chi connectivity index (χ0v) is 8.79. The summed E-state index contributed by atoms with van der Waals surface area (Å²) < 4.78 is 13.4. The maximum Gasteiger partial charge on any atom is 0.163 e. The molecule has 0 saturated carbocycles. The molecule has 0 radical (unpaired) electrons. The highest BCUT2D eigenvalue weighted by Gasteiger charge is 2.08. The minimum absolute atomic E-state index is 0.309. The summed E-state index contributed by atoms with van der Waals surface area (Å²) in [7, 11) is 0. The molecule has 15 heavy (non-hydrogen) atoms. The summed E-state index contributed by atoms with van der Waals surface area (Å²) in [6.07, 6.45) is 1.58. The van der Waals surface area contributed by atoms with Crippen LogP contribution in [-0.4, -0.2) is 9.97 Å². The van der Waals surface area contributed by atoms with Gasteiger partial charge in [0, 0.05) is 11.8 Å². The average Bonchev–Trinajstić information content (AvgIpc) is 2.23. The highest BCUT2D eigenvalue weighted by Crippen LogP contribution is 2.21. The van der Waals surface area contributed by atoms with Gasteiger partial charge in [0.15, 0.2) is 5.82 Å². The normalized spacial score (nSPS) is 10.3. The van der Waals surface area contributed by atoms with Crippen LogP contribution in [0.25, 0.3) is 11.4 Å². The van der Waals surface area contributed by atoms with E-state index in [4.69, 9.17) is 11.6 Å². The Morgan fingerprint density at radius 1 is 1.27 bits per heavy atom. The van der Waals surface area contributed by atoms with Gasteiger partial charge in [0.1, 0.15) is 11.0 Å². The van der Waals surface area contributed by atoms with Crippen molar-refractivity contribution < 1.29 is 4.39 Å². The summed E-state index contributed by atoms with van der Waals surface area (Å²) in [5.74, 6) is -0.0406. The average molecular weight is 223 g/mol. The molecule has 1 heterocycles. The molecular weight excluding hydrogens is 215 g/mol. The molecule has 0 amide bonds. The van der Waals surface area contributed by atoms with Crippen molar-refractivity contribution in [3.8, 4) is 11.4 Å². The fraction of sp³-hybridized carbons (Fsp3) is 0.0909. The molecular formula is C11H8ClFN2. The quantitative estimate of drug-likeness (QED) is 0.693. The zero-order chi connectivity index (χ0) is 10.8. The topological polar surface area (TPSA) is 25.8 Å². The minimum atomic E-state index is -0.350. The Labute approximate surface area is 91.8 Å². The fourth-order valence-corrected chi connectivity index (χ4v) is 1.32. The number of hydrogen-bond donors (Lipinski definition) is 0. The van der Waals surface area contributed by atoms with Gasteiger partial charge in [0.25, 0.3) is 0 Å². The number of aryl methyl sites for hydroxylation is 1. The third-order valence-electron chi connectivity index (χ3n) is 2.02. The molecule has 0 spiro atoms. The van der Waals surface area contributed by atoms with Crippen LogP contribution in [0.3, 0.4) is 0 Å². The minimum Gasteiger partial charge on any atom is -0.236 e. The number of nitrogens with zero attached hydrogens (tertiary/aromatic N) is 2. The molecule has 0 N–H and O–H groups in total. The second-order valence-corrected chi connectivity index (χ2v) is 3.51. The molecule has 76 valence electrons. The van der Waals surface area contributed by atoms with Gasteiger partial charge in [0.2, 0.25) is 0 Å². The first kappa shape index (κ1) is 10.1. The lowest BCUT2D eigenvalue weighted by atomic mass is 10.2. The second-order valence-electron chi connectivity index (χ2n) is 3.15. The molecule has 2 rings (SSSR count). The van der Waals surface area contributed by atoms with E-state index in [-0.39, 0.29) is 5.82 Å². The van der Waals surface area contributed by atoms with E-state index in [0.717, 1.165) is 5.56 Å². The van der Waals surface area contributed by atoms with Crippen LogP contribution < -0.4 is 0 Å². The third-order valence-corrected chi connectivity index (χ3v) is 2.41. The Kier molecular flexibility index (Phi) is 2.64. The summed E-state index contributed by atoms with van der Waals surface area (Å²) in [5.41, 5.74) is 1.14. The molecule has 0 aliphatic rings. The van der Waals surface area contributed by atoms with Crippen LogP contribution in [0.4, 0.5) is 4.39 Å². The van der Waals surface area contributed by atoms with Crippen molar-refractivity contribution in [2.75, 3.05) is 0 Å². The van der Waals surface area contributed by atoms with Crippen molar-refractivity contribution in [2.45, 2.75) is 6.92 Å². The van der Waals surface area contributed by atoms with Crippen LogP contribution in [0.15, 0.2) is 30.5 Å². The second kappa shape index (κ2) is 3.95. The summed E-state index contributed by atoms with van der Waals surface area (Å²) in [4.78, 5) is 8.05. The van der Waals surface area contributed by atoms with E-state index in [1.165, 1.54) is 6.07 Å². The van der Waals surface area contributed by atoms with Crippen molar-refractivity contribution in [3.63, 3.8) is 0 Å². The molecule has 0 saturated heterocycles. The van der Waals surface area contributed by atoms with E-state index in [1.807, 2.05) is 0 Å². The van der Waals surface area contributed by atoms with E-state index in [2.05, 4.69) is 9.97 Å². The maximum atomic E-state index is 13.4. The SMILES string of the molecule is Cc1cnc(-c2ccccc2F)nc1Cl. The van der Waals surface area contributed by atoms with Gasteiger partial charge in [-0.05, 0) is 19.1 Å². The largest absolute Gasteiger partial charge is 0.236 e. The number of hydrogen-bond acceptors (Lipinski definition) is 2. The smallest absolute Gasteiger partial charge is 0.163 e. The van der Waals surface area contributed by atoms with Gasteiger partial charge in [-0.3, -0.25) is 0 Å². The molecule has 0 fully saturated rings. The molecule has 2 nitrogen and oxygen atoms in total. The molecule has 0 bridgehead atoms. The number of rotatable bonds is 1. The zero-order valence-electron chi connectivity index (χ0n) is 8.04. The van der Waals surface area contributed by atoms with Crippen molar-refractivity contribution >= 4 is 11.6 Å². The maximum absolute atomic E-state index is 13.4. The Morgan fingerprint density at radius 3 is 2.67 bits per heavy atom. The molecule has 0 aliphatic carbocycles. The molecule has 2 aromatic rings. The predicted octanol–water partition coefficient (Wildman–Crippen LogP) is 3.24. The van der Waals surface area contributed by atoms with Crippen LogP contribution in [0, 0.1) is 12.7 Å². The highest BCUT2D eigenvalue weighted by molar-refractivity contribution is 6.30. The van der Waals surface area contributed by atoms with Gasteiger partial charge in [-0.15, -0.1) is 0 Å². The lowest BCUT2D eigenvalue weighted by Crippen LogP contribution is -1.93. The van der Waals surface area contributed by atoms with Gasteiger partial charge in [0.05, 0.1) is 5.56 Å². The Balaban J connectivity index is 2.55. The van der Waals surface area contributed by atoms with Crippen molar-refractivity contribution in [3.05, 3.63) is 47.0 Å².